The van der Waals surface area contributed by atoms with E-state index in [9.17, 15) is 9.59 Å². The quantitative estimate of drug-likeness (QED) is 0.762. The molecular weight excluding hydrogens is 368 g/mol. The topological polar surface area (TPSA) is 49.4 Å². The van der Waals surface area contributed by atoms with E-state index in [1.165, 1.54) is 5.56 Å². The molecule has 0 radical (unpaired) electrons. The normalized spacial score (nSPS) is 20.0. The predicted octanol–water partition coefficient (Wildman–Crippen LogP) is 5.16. The van der Waals surface area contributed by atoms with Crippen LogP contribution < -0.4 is 10.2 Å². The number of hydrogen-bond donors (Lipinski definition) is 1. The van der Waals surface area contributed by atoms with Gasteiger partial charge in [-0.05, 0) is 48.6 Å². The molecule has 0 unspecified atom stereocenters. The average Bonchev–Trinajstić information content (AvgIpc) is 3.38. The number of carbonyl (C=O) groups is 2. The number of carbonyl (C=O) groups excluding carboxylic acids is 2. The van der Waals surface area contributed by atoms with Gasteiger partial charge in [-0.2, -0.15) is 0 Å². The van der Waals surface area contributed by atoms with Crippen LogP contribution in [0.5, 0.6) is 0 Å². The van der Waals surface area contributed by atoms with E-state index in [2.05, 4.69) is 18.3 Å². The third-order valence-electron chi connectivity index (χ3n) is 5.67. The van der Waals surface area contributed by atoms with Crippen LogP contribution in [0.4, 0.5) is 11.4 Å². The number of anilines is 2. The molecule has 2 aromatic rings. The van der Waals surface area contributed by atoms with Crippen LogP contribution >= 0.6 is 11.8 Å². The molecule has 2 aliphatic rings. The second-order valence-electron chi connectivity index (χ2n) is 7.51. The fourth-order valence-corrected chi connectivity index (χ4v) is 5.34. The van der Waals surface area contributed by atoms with Gasteiger partial charge in [0.15, 0.2) is 0 Å². The van der Waals surface area contributed by atoms with E-state index in [1.54, 1.807) is 11.8 Å². The molecule has 0 spiro atoms. The van der Waals surface area contributed by atoms with Crippen LogP contribution in [0.2, 0.25) is 0 Å². The lowest BCUT2D eigenvalue weighted by Crippen LogP contribution is -2.28. The van der Waals surface area contributed by atoms with Crippen molar-refractivity contribution in [3.05, 3.63) is 59.7 Å². The maximum Gasteiger partial charge on any atom is 0.238 e. The third kappa shape index (κ3) is 3.81. The molecule has 1 N–H and O–H groups in total. The molecule has 1 aliphatic heterocycles. The first-order valence-electron chi connectivity index (χ1n) is 10.1. The molecule has 1 atom stereocenters. The number of rotatable bonds is 5. The molecule has 28 heavy (non-hydrogen) atoms. The van der Waals surface area contributed by atoms with E-state index in [0.717, 1.165) is 49.0 Å². The van der Waals surface area contributed by atoms with E-state index in [4.69, 9.17) is 0 Å². The Hall–Kier alpha value is -2.27. The average molecular weight is 395 g/mol. The van der Waals surface area contributed by atoms with Crippen LogP contribution in [-0.2, 0) is 16.0 Å². The molecular formula is C23H26N2O2S. The minimum absolute atomic E-state index is 0.0662. The fourth-order valence-electron chi connectivity index (χ4n) is 4.18. The molecule has 4 rings (SSSR count). The van der Waals surface area contributed by atoms with Gasteiger partial charge in [-0.1, -0.05) is 50.1 Å². The Morgan fingerprint density at radius 2 is 1.93 bits per heavy atom. The lowest BCUT2D eigenvalue weighted by atomic mass is 10.1. The third-order valence-corrected chi connectivity index (χ3v) is 6.88. The number of nitrogens with zero attached hydrogens (tertiary/aromatic N) is 1. The minimum atomic E-state index is -0.0662. The summed E-state index contributed by atoms with van der Waals surface area (Å²) in [5.41, 5.74) is 4.03. The smallest absolute Gasteiger partial charge is 0.238 e. The minimum Gasteiger partial charge on any atom is -0.326 e. The van der Waals surface area contributed by atoms with Crippen molar-refractivity contribution >= 4 is 35.0 Å². The Bertz CT molecular complexity index is 876. The Labute approximate surface area is 170 Å². The number of benzene rings is 2. The zero-order valence-electron chi connectivity index (χ0n) is 16.2. The molecule has 2 aromatic carbocycles. The number of nitrogens with one attached hydrogen (secondary N) is 1. The number of aryl methyl sites for hydroxylation is 1. The van der Waals surface area contributed by atoms with E-state index in [0.29, 0.717) is 5.75 Å². The van der Waals surface area contributed by atoms with Gasteiger partial charge in [0, 0.05) is 17.3 Å². The zero-order chi connectivity index (χ0) is 19.5. The number of hydrogen-bond acceptors (Lipinski definition) is 3. The Morgan fingerprint density at radius 1 is 1.14 bits per heavy atom. The van der Waals surface area contributed by atoms with Crippen LogP contribution in [-0.4, -0.2) is 17.6 Å². The summed E-state index contributed by atoms with van der Waals surface area (Å²) >= 11 is 1.64. The van der Waals surface area contributed by atoms with Crippen LogP contribution in [0, 0.1) is 5.92 Å². The fraction of sp³-hybridized carbons (Fsp3) is 0.391. The lowest BCUT2D eigenvalue weighted by molar-refractivity contribution is -0.119. The van der Waals surface area contributed by atoms with Crippen molar-refractivity contribution in [2.75, 3.05) is 16.0 Å². The second-order valence-corrected chi connectivity index (χ2v) is 8.57. The first-order valence-corrected chi connectivity index (χ1v) is 11.1. The molecule has 0 aromatic heterocycles. The standard InChI is InChI=1S/C23H26N2O2S/c1-2-16-8-5-6-13-20(16)25-21(26)15-28-23(25)18-11-7-12-19(14-18)24-22(27)17-9-3-4-10-17/h5-8,11-14,17,23H,2-4,9-10,15H2,1H3,(H,24,27)/t23-/m0/s1. The van der Waals surface area contributed by atoms with Gasteiger partial charge in [0.25, 0.3) is 0 Å². The molecule has 0 bridgehead atoms. The summed E-state index contributed by atoms with van der Waals surface area (Å²) in [6.07, 6.45) is 5.14. The largest absolute Gasteiger partial charge is 0.326 e. The van der Waals surface area contributed by atoms with E-state index < -0.39 is 0 Å². The van der Waals surface area contributed by atoms with Gasteiger partial charge in [0.1, 0.15) is 5.37 Å². The molecule has 1 saturated heterocycles. The molecule has 1 saturated carbocycles. The number of para-hydroxylation sites is 1. The van der Waals surface area contributed by atoms with Gasteiger partial charge in [-0.25, -0.2) is 0 Å². The van der Waals surface area contributed by atoms with Crippen molar-refractivity contribution in [3.8, 4) is 0 Å². The highest BCUT2D eigenvalue weighted by atomic mass is 32.2. The summed E-state index contributed by atoms with van der Waals surface area (Å²) in [5.74, 6) is 0.870. The van der Waals surface area contributed by atoms with Gasteiger partial charge in [0.05, 0.1) is 5.75 Å². The van der Waals surface area contributed by atoms with Crippen LogP contribution in [0.3, 0.4) is 0 Å². The highest BCUT2D eigenvalue weighted by Gasteiger charge is 2.35. The summed E-state index contributed by atoms with van der Waals surface area (Å²) in [6.45, 7) is 2.11. The predicted molar refractivity (Wildman–Crippen MR) is 116 cm³/mol. The zero-order valence-corrected chi connectivity index (χ0v) is 17.0. The van der Waals surface area contributed by atoms with E-state index >= 15 is 0 Å². The molecule has 5 heteroatoms. The molecule has 1 aliphatic carbocycles. The SMILES string of the molecule is CCc1ccccc1N1C(=O)CS[C@H]1c1cccc(NC(=O)C2CCCC2)c1. The Morgan fingerprint density at radius 3 is 2.71 bits per heavy atom. The van der Waals surface area contributed by atoms with Crippen molar-refractivity contribution in [3.63, 3.8) is 0 Å². The summed E-state index contributed by atoms with van der Waals surface area (Å²) in [7, 11) is 0. The van der Waals surface area contributed by atoms with Gasteiger partial charge >= 0.3 is 0 Å². The Balaban J connectivity index is 1.59. The summed E-state index contributed by atoms with van der Waals surface area (Å²) in [5, 5.41) is 3.02. The van der Waals surface area contributed by atoms with Gasteiger partial charge < -0.3 is 5.32 Å². The van der Waals surface area contributed by atoms with Crippen LogP contribution in [0.25, 0.3) is 0 Å². The summed E-state index contributed by atoms with van der Waals surface area (Å²) in [4.78, 5) is 27.1. The van der Waals surface area contributed by atoms with Crippen LogP contribution in [0.1, 0.15) is 49.1 Å². The highest BCUT2D eigenvalue weighted by molar-refractivity contribution is 8.00. The first-order chi connectivity index (χ1) is 13.7. The van der Waals surface area contributed by atoms with Crippen molar-refractivity contribution in [2.24, 2.45) is 5.92 Å². The molecule has 2 amide bonds. The van der Waals surface area contributed by atoms with Crippen molar-refractivity contribution in [1.29, 1.82) is 0 Å². The molecule has 2 fully saturated rings. The Kier molecular flexibility index (Phi) is 5.72. The van der Waals surface area contributed by atoms with Gasteiger partial charge in [0.2, 0.25) is 11.8 Å². The van der Waals surface area contributed by atoms with Gasteiger partial charge in [-0.15, -0.1) is 11.8 Å². The maximum absolute atomic E-state index is 12.7. The van der Waals surface area contributed by atoms with Gasteiger partial charge in [-0.3, -0.25) is 14.5 Å². The lowest BCUT2D eigenvalue weighted by Gasteiger charge is -2.26. The van der Waals surface area contributed by atoms with Crippen molar-refractivity contribution in [1.82, 2.24) is 0 Å². The highest BCUT2D eigenvalue weighted by Crippen LogP contribution is 2.43. The van der Waals surface area contributed by atoms with Crippen LogP contribution in [0.15, 0.2) is 48.5 Å². The summed E-state index contributed by atoms with van der Waals surface area (Å²) < 4.78 is 0. The molecule has 4 nitrogen and oxygen atoms in total. The number of thioether (sulfide) groups is 1. The second kappa shape index (κ2) is 8.39. The summed E-state index contributed by atoms with van der Waals surface area (Å²) in [6, 6.07) is 16.1. The van der Waals surface area contributed by atoms with Crippen molar-refractivity contribution in [2.45, 2.75) is 44.4 Å². The van der Waals surface area contributed by atoms with E-state index in [1.807, 2.05) is 47.4 Å². The monoisotopic (exact) mass is 394 g/mol. The number of amides is 2. The van der Waals surface area contributed by atoms with E-state index in [-0.39, 0.29) is 23.1 Å². The molecule has 146 valence electrons. The maximum atomic E-state index is 12.7. The van der Waals surface area contributed by atoms with Crippen molar-refractivity contribution < 1.29 is 9.59 Å². The molecule has 1 heterocycles. The first kappa shape index (κ1) is 19.1.